The lowest BCUT2D eigenvalue weighted by Gasteiger charge is -2.35. The van der Waals surface area contributed by atoms with E-state index in [0.717, 1.165) is 23.3 Å². The number of nitrogens with one attached hydrogen (secondary N) is 1. The quantitative estimate of drug-likeness (QED) is 0.642. The molecule has 0 radical (unpaired) electrons. The summed E-state index contributed by atoms with van der Waals surface area (Å²) in [6, 6.07) is 22.1. The molecular weight excluding hydrogens is 410 g/mol. The summed E-state index contributed by atoms with van der Waals surface area (Å²) in [7, 11) is 0. The molecule has 0 saturated carbocycles. The molecule has 0 atom stereocenters. The number of halogens is 2. The number of likely N-dealkylation sites (tertiary alicyclic amines) is 1. The fraction of sp³-hybridized carbons (Fsp3) is 0.231. The van der Waals surface area contributed by atoms with Crippen LogP contribution in [0.25, 0.3) is 0 Å². The molecule has 164 valence electrons. The topological polar surface area (TPSA) is 49.4 Å². The van der Waals surface area contributed by atoms with Crippen LogP contribution in [-0.2, 0) is 4.79 Å². The Morgan fingerprint density at radius 1 is 0.844 bits per heavy atom. The molecule has 4 rings (SSSR count). The summed E-state index contributed by atoms with van der Waals surface area (Å²) < 4.78 is 27.0. The van der Waals surface area contributed by atoms with E-state index in [1.54, 1.807) is 0 Å². The molecule has 3 aromatic rings. The van der Waals surface area contributed by atoms with Gasteiger partial charge in [-0.05, 0) is 36.1 Å². The number of benzene rings is 3. The molecule has 0 unspecified atom stereocenters. The molecule has 1 aliphatic heterocycles. The van der Waals surface area contributed by atoms with E-state index in [1.807, 2.05) is 65.6 Å². The summed E-state index contributed by atoms with van der Waals surface area (Å²) in [6.07, 6.45) is 1.13. The van der Waals surface area contributed by atoms with Crippen LogP contribution >= 0.6 is 0 Å². The molecule has 0 bridgehead atoms. The Morgan fingerprint density at radius 3 is 1.94 bits per heavy atom. The van der Waals surface area contributed by atoms with Crippen LogP contribution in [0.2, 0.25) is 0 Å². The third-order valence-electron chi connectivity index (χ3n) is 5.83. The van der Waals surface area contributed by atoms with Crippen molar-refractivity contribution >= 4 is 11.8 Å². The SMILES string of the molecule is O=C(NC1CCN(C(=O)C(c2ccccc2)c2ccccc2)CC1)c1ccc(F)cc1F. The van der Waals surface area contributed by atoms with Gasteiger partial charge >= 0.3 is 0 Å². The summed E-state index contributed by atoms with van der Waals surface area (Å²) >= 11 is 0. The molecular formula is C26H24F2N2O2. The van der Waals surface area contributed by atoms with E-state index in [9.17, 15) is 18.4 Å². The van der Waals surface area contributed by atoms with Gasteiger partial charge in [0.05, 0.1) is 11.5 Å². The number of carbonyl (C=O) groups is 2. The Morgan fingerprint density at radius 2 is 1.41 bits per heavy atom. The van der Waals surface area contributed by atoms with Gasteiger partial charge in [-0.3, -0.25) is 9.59 Å². The lowest BCUT2D eigenvalue weighted by Crippen LogP contribution is -2.48. The minimum Gasteiger partial charge on any atom is -0.349 e. The van der Waals surface area contributed by atoms with E-state index in [4.69, 9.17) is 0 Å². The first-order valence-corrected chi connectivity index (χ1v) is 10.7. The van der Waals surface area contributed by atoms with Crippen LogP contribution in [-0.4, -0.2) is 35.8 Å². The molecule has 1 N–H and O–H groups in total. The Hall–Kier alpha value is -3.54. The molecule has 1 aliphatic rings. The van der Waals surface area contributed by atoms with Gasteiger partial charge in [-0.15, -0.1) is 0 Å². The second kappa shape index (κ2) is 9.73. The van der Waals surface area contributed by atoms with Crippen molar-refractivity contribution in [1.29, 1.82) is 0 Å². The first-order valence-electron chi connectivity index (χ1n) is 10.7. The Bertz CT molecular complexity index is 1040. The highest BCUT2D eigenvalue weighted by atomic mass is 19.1. The molecule has 6 heteroatoms. The Labute approximate surface area is 185 Å². The number of nitrogens with zero attached hydrogens (tertiary/aromatic N) is 1. The molecule has 0 aliphatic carbocycles. The minimum absolute atomic E-state index is 0.0248. The summed E-state index contributed by atoms with van der Waals surface area (Å²) in [5, 5.41) is 2.81. The third-order valence-corrected chi connectivity index (χ3v) is 5.83. The predicted octanol–water partition coefficient (Wildman–Crippen LogP) is 4.52. The van der Waals surface area contributed by atoms with Crippen LogP contribution in [0.4, 0.5) is 8.78 Å². The van der Waals surface area contributed by atoms with Crippen LogP contribution in [0.1, 0.15) is 40.2 Å². The molecule has 1 fully saturated rings. The van der Waals surface area contributed by atoms with E-state index in [-0.39, 0.29) is 17.5 Å². The molecule has 32 heavy (non-hydrogen) atoms. The number of hydrogen-bond donors (Lipinski definition) is 1. The zero-order chi connectivity index (χ0) is 22.5. The van der Waals surface area contributed by atoms with Gasteiger partial charge in [0.25, 0.3) is 5.91 Å². The lowest BCUT2D eigenvalue weighted by molar-refractivity contribution is -0.132. The van der Waals surface area contributed by atoms with Crippen molar-refractivity contribution in [2.24, 2.45) is 0 Å². The standard InChI is InChI=1S/C26H24F2N2O2/c27-20-11-12-22(23(28)17-20)25(31)29-21-13-15-30(16-14-21)26(32)24(18-7-3-1-4-8-18)19-9-5-2-6-10-19/h1-12,17,21,24H,13-16H2,(H,29,31). The third kappa shape index (κ3) is 4.85. The average molecular weight is 434 g/mol. The highest BCUT2D eigenvalue weighted by Gasteiger charge is 2.31. The van der Waals surface area contributed by atoms with Crippen molar-refractivity contribution in [2.45, 2.75) is 24.8 Å². The predicted molar refractivity (Wildman–Crippen MR) is 118 cm³/mol. The van der Waals surface area contributed by atoms with Crippen molar-refractivity contribution in [1.82, 2.24) is 10.2 Å². The first-order chi connectivity index (χ1) is 15.5. The van der Waals surface area contributed by atoms with Gasteiger partial charge in [0.1, 0.15) is 11.6 Å². The van der Waals surface area contributed by atoms with Crippen LogP contribution in [0, 0.1) is 11.6 Å². The smallest absolute Gasteiger partial charge is 0.254 e. The maximum absolute atomic E-state index is 13.9. The van der Waals surface area contributed by atoms with Crippen molar-refractivity contribution < 1.29 is 18.4 Å². The van der Waals surface area contributed by atoms with Crippen LogP contribution in [0.15, 0.2) is 78.9 Å². The number of rotatable bonds is 5. The number of piperidine rings is 1. The van der Waals surface area contributed by atoms with Crippen LogP contribution in [0.3, 0.4) is 0 Å². The molecule has 0 aromatic heterocycles. The van der Waals surface area contributed by atoms with E-state index < -0.39 is 23.5 Å². The van der Waals surface area contributed by atoms with E-state index in [2.05, 4.69) is 5.32 Å². The fourth-order valence-electron chi connectivity index (χ4n) is 4.13. The Kier molecular flexibility index (Phi) is 6.59. The summed E-state index contributed by atoms with van der Waals surface area (Å²) in [6.45, 7) is 0.984. The highest BCUT2D eigenvalue weighted by Crippen LogP contribution is 2.28. The van der Waals surface area contributed by atoms with Crippen molar-refractivity contribution in [2.75, 3.05) is 13.1 Å². The molecule has 2 amide bonds. The van der Waals surface area contributed by atoms with Crippen molar-refractivity contribution in [3.63, 3.8) is 0 Å². The van der Waals surface area contributed by atoms with E-state index in [1.165, 1.54) is 0 Å². The van der Waals surface area contributed by atoms with Gasteiger partial charge in [0, 0.05) is 25.2 Å². The van der Waals surface area contributed by atoms with E-state index >= 15 is 0 Å². The monoisotopic (exact) mass is 434 g/mol. The van der Waals surface area contributed by atoms with Crippen molar-refractivity contribution in [3.05, 3.63) is 107 Å². The van der Waals surface area contributed by atoms with Gasteiger partial charge in [-0.25, -0.2) is 8.78 Å². The van der Waals surface area contributed by atoms with Gasteiger partial charge in [-0.2, -0.15) is 0 Å². The summed E-state index contributed by atoms with van der Waals surface area (Å²) in [5.74, 6) is -2.55. The maximum atomic E-state index is 13.9. The molecule has 4 nitrogen and oxygen atoms in total. The largest absolute Gasteiger partial charge is 0.349 e. The lowest BCUT2D eigenvalue weighted by atomic mass is 9.89. The molecule has 1 heterocycles. The van der Waals surface area contributed by atoms with Gasteiger partial charge in [0.2, 0.25) is 5.91 Å². The van der Waals surface area contributed by atoms with Crippen LogP contribution < -0.4 is 5.32 Å². The fourth-order valence-corrected chi connectivity index (χ4v) is 4.13. The average Bonchev–Trinajstić information content (AvgIpc) is 2.81. The van der Waals surface area contributed by atoms with Gasteiger partial charge in [0.15, 0.2) is 0 Å². The highest BCUT2D eigenvalue weighted by molar-refractivity contribution is 5.94. The van der Waals surface area contributed by atoms with Gasteiger partial charge < -0.3 is 10.2 Å². The van der Waals surface area contributed by atoms with E-state index in [0.29, 0.717) is 32.0 Å². The minimum atomic E-state index is -0.885. The zero-order valence-corrected chi connectivity index (χ0v) is 17.5. The van der Waals surface area contributed by atoms with Gasteiger partial charge in [-0.1, -0.05) is 60.7 Å². The number of hydrogen-bond acceptors (Lipinski definition) is 2. The maximum Gasteiger partial charge on any atom is 0.254 e. The molecule has 3 aromatic carbocycles. The summed E-state index contributed by atoms with van der Waals surface area (Å²) in [4.78, 5) is 27.7. The van der Waals surface area contributed by atoms with Crippen molar-refractivity contribution in [3.8, 4) is 0 Å². The zero-order valence-electron chi connectivity index (χ0n) is 17.5. The summed E-state index contributed by atoms with van der Waals surface area (Å²) in [5.41, 5.74) is 1.69. The Balaban J connectivity index is 1.42. The van der Waals surface area contributed by atoms with Crippen LogP contribution in [0.5, 0.6) is 0 Å². The number of carbonyl (C=O) groups excluding carboxylic acids is 2. The normalized spacial score (nSPS) is 14.4. The first kappa shape index (κ1) is 21.7. The molecule has 0 spiro atoms. The number of amides is 2. The molecule has 1 saturated heterocycles. The second-order valence-corrected chi connectivity index (χ2v) is 7.95. The second-order valence-electron chi connectivity index (χ2n) is 7.95.